The molecule has 7 atom stereocenters. The van der Waals surface area contributed by atoms with Crippen molar-refractivity contribution in [1.82, 2.24) is 42.1 Å². The first kappa shape index (κ1) is 55.0. The molecule has 9 amide bonds. The summed E-state index contributed by atoms with van der Waals surface area (Å²) < 4.78 is 0. The SMILES string of the molecule is CC[C@H](C)[C@H](NC(=O)[C@H](Cc1ccc(O)cc1)NC(=O)CNC(=O)[C@@H]1CCCN1C(=O)[C@H](CC(=O)O)NC(=O)CON)C(=O)NCC(=O)N[C@@H](CO)C(=O)N[C@@H](CCCN=C(N)N)C(N)=O. The van der Waals surface area contributed by atoms with Crippen molar-refractivity contribution in [2.75, 3.05) is 39.4 Å². The third kappa shape index (κ3) is 18.9. The van der Waals surface area contributed by atoms with E-state index in [9.17, 15) is 63.3 Å². The van der Waals surface area contributed by atoms with E-state index in [1.54, 1.807) is 13.8 Å². The van der Waals surface area contributed by atoms with Gasteiger partial charge in [0.25, 0.3) is 0 Å². The van der Waals surface area contributed by atoms with Crippen LogP contribution in [0.2, 0.25) is 0 Å². The fourth-order valence-electron chi connectivity index (χ4n) is 6.53. The second-order valence-electron chi connectivity index (χ2n) is 15.2. The molecule has 1 aromatic rings. The summed E-state index contributed by atoms with van der Waals surface area (Å²) in [6.45, 7) is 0.562. The van der Waals surface area contributed by atoms with Gasteiger partial charge in [-0.1, -0.05) is 32.4 Å². The Hall–Kier alpha value is -7.13. The Morgan fingerprint density at radius 2 is 1.42 bits per heavy atom. The fraction of sp³-hybridized carbons (Fsp3) is 0.564. The van der Waals surface area contributed by atoms with Crippen LogP contribution in [0.5, 0.6) is 5.75 Å². The van der Waals surface area contributed by atoms with Crippen molar-refractivity contribution in [2.24, 2.45) is 34.0 Å². The Morgan fingerprint density at radius 1 is 0.818 bits per heavy atom. The molecule has 0 saturated carbocycles. The highest BCUT2D eigenvalue weighted by atomic mass is 16.6. The first-order valence-electron chi connectivity index (χ1n) is 20.8. The first-order chi connectivity index (χ1) is 31.2. The highest BCUT2D eigenvalue weighted by Gasteiger charge is 2.39. The molecule has 18 N–H and O–H groups in total. The number of aliphatic imine (C=N–C) groups is 1. The number of phenolic OH excluding ortho intramolecular Hbond substituents is 1. The number of aliphatic carboxylic acids is 1. The number of aliphatic hydroxyl groups is 1. The van der Waals surface area contributed by atoms with Gasteiger partial charge >= 0.3 is 5.97 Å². The zero-order chi connectivity index (χ0) is 49.5. The van der Waals surface area contributed by atoms with Crippen LogP contribution in [0.15, 0.2) is 29.3 Å². The van der Waals surface area contributed by atoms with Crippen molar-refractivity contribution in [3.8, 4) is 5.75 Å². The lowest BCUT2D eigenvalue weighted by atomic mass is 9.97. The van der Waals surface area contributed by atoms with Gasteiger partial charge in [0.2, 0.25) is 53.2 Å². The average molecular weight is 936 g/mol. The van der Waals surface area contributed by atoms with Crippen LogP contribution in [0.1, 0.15) is 57.9 Å². The zero-order valence-electron chi connectivity index (χ0n) is 36.6. The van der Waals surface area contributed by atoms with Crippen LogP contribution in [0.25, 0.3) is 0 Å². The monoisotopic (exact) mass is 935 g/mol. The summed E-state index contributed by atoms with van der Waals surface area (Å²) >= 11 is 0. The lowest BCUT2D eigenvalue weighted by molar-refractivity contribution is -0.146. The first-order valence-corrected chi connectivity index (χ1v) is 20.8. The summed E-state index contributed by atoms with van der Waals surface area (Å²) in [5.74, 6) is -5.17. The molecule has 0 aliphatic carbocycles. The number of nitrogens with two attached hydrogens (primary N) is 4. The minimum atomic E-state index is -1.56. The van der Waals surface area contributed by atoms with Crippen molar-refractivity contribution in [3.05, 3.63) is 29.8 Å². The van der Waals surface area contributed by atoms with Gasteiger partial charge in [-0.25, -0.2) is 5.90 Å². The largest absolute Gasteiger partial charge is 0.508 e. The summed E-state index contributed by atoms with van der Waals surface area (Å²) in [4.78, 5) is 137. The van der Waals surface area contributed by atoms with Gasteiger partial charge in [-0.3, -0.25) is 57.8 Å². The Labute approximate surface area is 378 Å². The summed E-state index contributed by atoms with van der Waals surface area (Å²) in [6.07, 6.45) is 0.146. The Kier molecular flexibility index (Phi) is 23.3. The van der Waals surface area contributed by atoms with Crippen molar-refractivity contribution in [3.63, 3.8) is 0 Å². The van der Waals surface area contributed by atoms with Crippen LogP contribution in [-0.2, 0) is 59.2 Å². The molecule has 0 radical (unpaired) electrons. The quantitative estimate of drug-likeness (QED) is 0.0161. The van der Waals surface area contributed by atoms with Crippen LogP contribution in [-0.4, -0.2) is 161 Å². The molecule has 0 spiro atoms. The van der Waals surface area contributed by atoms with E-state index in [2.05, 4.69) is 47.0 Å². The van der Waals surface area contributed by atoms with E-state index in [0.717, 1.165) is 4.90 Å². The number of nitrogens with one attached hydrogen (secondary N) is 7. The van der Waals surface area contributed by atoms with Crippen LogP contribution < -0.4 is 60.3 Å². The normalized spacial score (nSPS) is 15.8. The number of hydrogen-bond donors (Lipinski definition) is 14. The second kappa shape index (κ2) is 27.9. The maximum Gasteiger partial charge on any atom is 0.305 e. The molecule has 0 bridgehead atoms. The topological polar surface area (TPSA) is 445 Å². The van der Waals surface area contributed by atoms with E-state index in [1.807, 2.05) is 0 Å². The number of rotatable bonds is 28. The number of carbonyl (C=O) groups excluding carboxylic acids is 9. The smallest absolute Gasteiger partial charge is 0.305 e. The molecular weight excluding hydrogens is 875 g/mol. The molecule has 1 aromatic carbocycles. The minimum Gasteiger partial charge on any atom is -0.508 e. The fourth-order valence-corrected chi connectivity index (χ4v) is 6.53. The van der Waals surface area contributed by atoms with Gasteiger partial charge in [0.05, 0.1) is 26.1 Å². The maximum absolute atomic E-state index is 13.9. The second-order valence-corrected chi connectivity index (χ2v) is 15.2. The van der Waals surface area contributed by atoms with Gasteiger partial charge in [-0.2, -0.15) is 0 Å². The summed E-state index contributed by atoms with van der Waals surface area (Å²) in [6, 6.07) is -2.45. The Bertz CT molecular complexity index is 1910. The molecule has 1 heterocycles. The van der Waals surface area contributed by atoms with E-state index in [1.165, 1.54) is 24.3 Å². The third-order valence-electron chi connectivity index (χ3n) is 10.2. The van der Waals surface area contributed by atoms with Crippen molar-refractivity contribution in [2.45, 2.75) is 95.0 Å². The molecule has 2 rings (SSSR count). The Balaban J connectivity index is 2.14. The third-order valence-corrected chi connectivity index (χ3v) is 10.2. The number of aliphatic hydroxyl groups excluding tert-OH is 1. The molecule has 1 saturated heterocycles. The highest BCUT2D eigenvalue weighted by molar-refractivity contribution is 5.97. The van der Waals surface area contributed by atoms with Gasteiger partial charge in [0.15, 0.2) is 5.96 Å². The zero-order valence-corrected chi connectivity index (χ0v) is 36.6. The molecule has 66 heavy (non-hydrogen) atoms. The number of carboxylic acids is 1. The number of amides is 9. The van der Waals surface area contributed by atoms with Crippen LogP contribution in [0.3, 0.4) is 0 Å². The van der Waals surface area contributed by atoms with E-state index in [-0.39, 0.29) is 50.5 Å². The predicted octanol–water partition coefficient (Wildman–Crippen LogP) is -6.48. The van der Waals surface area contributed by atoms with E-state index >= 15 is 0 Å². The molecule has 1 aliphatic rings. The number of aromatic hydroxyl groups is 1. The van der Waals surface area contributed by atoms with Gasteiger partial charge < -0.3 is 74.6 Å². The Morgan fingerprint density at radius 3 is 2.00 bits per heavy atom. The number of primary amides is 1. The average Bonchev–Trinajstić information content (AvgIpc) is 3.76. The van der Waals surface area contributed by atoms with Crippen molar-refractivity contribution in [1.29, 1.82) is 0 Å². The van der Waals surface area contributed by atoms with E-state index in [0.29, 0.717) is 18.4 Å². The number of guanidine groups is 1. The van der Waals surface area contributed by atoms with Crippen LogP contribution in [0, 0.1) is 5.92 Å². The number of benzene rings is 1. The molecule has 0 unspecified atom stereocenters. The van der Waals surface area contributed by atoms with Crippen molar-refractivity contribution >= 4 is 65.1 Å². The van der Waals surface area contributed by atoms with Crippen LogP contribution >= 0.6 is 0 Å². The molecule has 27 heteroatoms. The maximum atomic E-state index is 13.9. The van der Waals surface area contributed by atoms with Gasteiger partial charge in [-0.15, -0.1) is 0 Å². The summed E-state index contributed by atoms with van der Waals surface area (Å²) in [5.41, 5.74) is 16.4. The molecule has 0 aromatic heterocycles. The van der Waals surface area contributed by atoms with Crippen LogP contribution in [0.4, 0.5) is 0 Å². The number of likely N-dealkylation sites (tertiary alicyclic amines) is 1. The number of hydrogen-bond acceptors (Lipinski definition) is 15. The number of phenols is 1. The lowest BCUT2D eigenvalue weighted by Gasteiger charge is -2.28. The van der Waals surface area contributed by atoms with E-state index in [4.69, 9.17) is 23.1 Å². The number of nitrogens with zero attached hydrogens (tertiary/aromatic N) is 2. The summed E-state index contributed by atoms with van der Waals surface area (Å²) in [5, 5.41) is 45.6. The molecule has 1 aliphatic heterocycles. The van der Waals surface area contributed by atoms with Gasteiger partial charge in [0, 0.05) is 19.5 Å². The standard InChI is InChI=1S/C39H61N13O14/c1-3-20(2)32(37(64)46-17-29(56)49-26(18-53)35(62)50-23(33(40)60)6-4-12-44-39(41)42)51-34(61)24(14-21-8-10-22(54)11-9-21)47-28(55)16-45-36(63)27-7-5-13-52(27)38(65)25(15-31(58)59)48-30(57)19-66-43/h8-11,20,23-27,32,53-54H,3-7,12-19,43H2,1-2H3,(H2,40,60)(H,45,63)(H,46,64)(H,47,55)(H,48,57)(H,49,56)(H,50,62)(H,51,61)(H,58,59)(H4,41,42,44)/t20-,23-,24-,25-,26-,27-,32-/m0/s1. The molecule has 366 valence electrons. The van der Waals surface area contributed by atoms with E-state index < -0.39 is 134 Å². The van der Waals surface area contributed by atoms with Gasteiger partial charge in [-0.05, 0) is 49.3 Å². The predicted molar refractivity (Wildman–Crippen MR) is 230 cm³/mol. The van der Waals surface area contributed by atoms with Gasteiger partial charge in [0.1, 0.15) is 48.6 Å². The minimum absolute atomic E-state index is 0.0382. The molecular formula is C39H61N13O14. The highest BCUT2D eigenvalue weighted by Crippen LogP contribution is 2.20. The van der Waals surface area contributed by atoms with Crippen molar-refractivity contribution < 1.29 is 68.1 Å². The number of carbonyl (C=O) groups is 10. The summed E-state index contributed by atoms with van der Waals surface area (Å²) in [7, 11) is 0. The molecule has 1 fully saturated rings. The molecule has 27 nitrogen and oxygen atoms in total. The lowest BCUT2D eigenvalue weighted by Crippen LogP contribution is -2.58. The number of carboxylic acid groups (broad SMARTS) is 1.